The van der Waals surface area contributed by atoms with E-state index >= 15 is 0 Å². The zero-order chi connectivity index (χ0) is 15.6. The van der Waals surface area contributed by atoms with Crippen LogP contribution in [-0.2, 0) is 17.7 Å². The Kier molecular flexibility index (Phi) is 3.92. The minimum Gasteiger partial charge on any atom is -0.373 e. The maximum Gasteiger partial charge on any atom is 0.268 e. The van der Waals surface area contributed by atoms with Crippen LogP contribution in [-0.4, -0.2) is 28.7 Å². The van der Waals surface area contributed by atoms with Gasteiger partial charge in [-0.1, -0.05) is 30.3 Å². The molecule has 2 bridgehead atoms. The van der Waals surface area contributed by atoms with Gasteiger partial charge in [0.25, 0.3) is 5.91 Å². The van der Waals surface area contributed by atoms with E-state index in [-0.39, 0.29) is 18.1 Å². The largest absolute Gasteiger partial charge is 0.373 e. The monoisotopic (exact) mass is 310 g/mol. The van der Waals surface area contributed by atoms with Crippen LogP contribution in [0.1, 0.15) is 35.3 Å². The molecule has 2 saturated heterocycles. The highest BCUT2D eigenvalue weighted by molar-refractivity contribution is 5.93. The van der Waals surface area contributed by atoms with E-state index in [4.69, 9.17) is 4.74 Å². The highest BCUT2D eigenvalue weighted by Crippen LogP contribution is 2.34. The van der Waals surface area contributed by atoms with Gasteiger partial charge >= 0.3 is 0 Å². The van der Waals surface area contributed by atoms with Gasteiger partial charge in [-0.2, -0.15) is 0 Å². The number of rotatable bonds is 5. The number of benzene rings is 1. The molecule has 4 nitrogen and oxygen atoms in total. The van der Waals surface area contributed by atoms with Crippen LogP contribution in [0.4, 0.5) is 0 Å². The van der Waals surface area contributed by atoms with Gasteiger partial charge in [-0.3, -0.25) is 4.79 Å². The first-order valence-corrected chi connectivity index (χ1v) is 8.45. The van der Waals surface area contributed by atoms with Crippen molar-refractivity contribution in [2.75, 3.05) is 0 Å². The van der Waals surface area contributed by atoms with Crippen LogP contribution in [0.15, 0.2) is 48.7 Å². The van der Waals surface area contributed by atoms with Crippen molar-refractivity contribution in [1.82, 2.24) is 9.88 Å². The minimum absolute atomic E-state index is 0.0178. The highest BCUT2D eigenvalue weighted by atomic mass is 16.5. The third-order valence-corrected chi connectivity index (χ3v) is 4.97. The van der Waals surface area contributed by atoms with Crippen molar-refractivity contribution in [3.63, 3.8) is 0 Å². The Hall–Kier alpha value is -2.07. The molecule has 0 aliphatic carbocycles. The van der Waals surface area contributed by atoms with Crippen LogP contribution in [0.25, 0.3) is 0 Å². The fraction of sp³-hybridized carbons (Fsp3) is 0.421. The topological polar surface area (TPSA) is 43.3 Å². The third kappa shape index (κ3) is 3.04. The number of amides is 1. The zero-order valence-electron chi connectivity index (χ0n) is 13.2. The molecule has 1 N–H and O–H groups in total. The van der Waals surface area contributed by atoms with Crippen molar-refractivity contribution in [3.05, 3.63) is 59.9 Å². The molecule has 1 aromatic carbocycles. The molecule has 23 heavy (non-hydrogen) atoms. The Morgan fingerprint density at radius 3 is 2.78 bits per heavy atom. The van der Waals surface area contributed by atoms with Crippen LogP contribution < -0.4 is 5.32 Å². The van der Waals surface area contributed by atoms with Gasteiger partial charge in [0, 0.05) is 12.7 Å². The van der Waals surface area contributed by atoms with Gasteiger partial charge < -0.3 is 14.6 Å². The van der Waals surface area contributed by atoms with E-state index in [1.165, 1.54) is 5.56 Å². The molecule has 1 amide bonds. The fourth-order valence-electron chi connectivity index (χ4n) is 3.74. The normalized spacial score (nSPS) is 25.7. The van der Waals surface area contributed by atoms with Crippen LogP contribution >= 0.6 is 0 Å². The van der Waals surface area contributed by atoms with Gasteiger partial charge in [0.05, 0.1) is 18.2 Å². The Bertz CT molecular complexity index is 680. The maximum absolute atomic E-state index is 12.6. The number of aryl methyl sites for hydroxylation is 2. The average molecular weight is 310 g/mol. The molecule has 0 saturated carbocycles. The number of hydrogen-bond acceptors (Lipinski definition) is 2. The summed E-state index contributed by atoms with van der Waals surface area (Å²) in [4.78, 5) is 12.6. The number of ether oxygens (including phenoxy) is 1. The van der Waals surface area contributed by atoms with Crippen molar-refractivity contribution in [3.8, 4) is 0 Å². The van der Waals surface area contributed by atoms with Crippen molar-refractivity contribution in [1.29, 1.82) is 0 Å². The number of nitrogens with one attached hydrogen (secondary N) is 1. The second kappa shape index (κ2) is 6.20. The summed E-state index contributed by atoms with van der Waals surface area (Å²) in [5.41, 5.74) is 2.03. The lowest BCUT2D eigenvalue weighted by atomic mass is 9.95. The maximum atomic E-state index is 12.6. The molecular formula is C19H22N2O2. The fourth-order valence-corrected chi connectivity index (χ4v) is 3.74. The summed E-state index contributed by atoms with van der Waals surface area (Å²) in [5.74, 6) is 0.0178. The van der Waals surface area contributed by atoms with E-state index in [0.29, 0.717) is 6.10 Å². The van der Waals surface area contributed by atoms with E-state index in [2.05, 4.69) is 17.4 Å². The van der Waals surface area contributed by atoms with Crippen molar-refractivity contribution >= 4 is 5.91 Å². The quantitative estimate of drug-likeness (QED) is 0.923. The molecule has 0 radical (unpaired) electrons. The average Bonchev–Trinajstić information content (AvgIpc) is 3.30. The Balaban J connectivity index is 1.39. The number of nitrogens with zero attached hydrogens (tertiary/aromatic N) is 1. The molecule has 2 aliphatic heterocycles. The van der Waals surface area contributed by atoms with Gasteiger partial charge in [0.2, 0.25) is 0 Å². The SMILES string of the molecule is O=C(N[C@@H]1C[C@H]2CC[C@@H]1O2)c1cccn1CCc1ccccc1. The number of fused-ring (bicyclic) bond motifs is 2. The van der Waals surface area contributed by atoms with Gasteiger partial charge in [-0.25, -0.2) is 0 Å². The molecule has 0 unspecified atom stereocenters. The van der Waals surface area contributed by atoms with Crippen molar-refractivity contribution in [2.45, 2.75) is 50.5 Å². The lowest BCUT2D eigenvalue weighted by molar-refractivity contribution is 0.0834. The molecule has 2 aromatic rings. The van der Waals surface area contributed by atoms with Gasteiger partial charge in [-0.05, 0) is 43.4 Å². The summed E-state index contributed by atoms with van der Waals surface area (Å²) in [7, 11) is 0. The Morgan fingerprint density at radius 2 is 2.04 bits per heavy atom. The molecular weight excluding hydrogens is 288 g/mol. The van der Waals surface area contributed by atoms with Gasteiger partial charge in [0.1, 0.15) is 5.69 Å². The second-order valence-electron chi connectivity index (χ2n) is 6.51. The molecule has 2 fully saturated rings. The standard InChI is InChI=1S/C19H22N2O2/c22-19(20-16-13-15-8-9-18(16)23-15)17-7-4-11-21(17)12-10-14-5-2-1-3-6-14/h1-7,11,15-16,18H,8-10,12-13H2,(H,20,22)/t15-,16-,18+/m1/s1. The lowest BCUT2D eigenvalue weighted by Crippen LogP contribution is -2.42. The van der Waals surface area contributed by atoms with E-state index < -0.39 is 0 Å². The molecule has 1 aromatic heterocycles. The first-order chi connectivity index (χ1) is 11.3. The summed E-state index contributed by atoms with van der Waals surface area (Å²) in [5, 5.41) is 3.17. The van der Waals surface area contributed by atoms with Gasteiger partial charge in [0.15, 0.2) is 0 Å². The molecule has 120 valence electrons. The van der Waals surface area contributed by atoms with Gasteiger partial charge in [-0.15, -0.1) is 0 Å². The van der Waals surface area contributed by atoms with Crippen LogP contribution in [0.5, 0.6) is 0 Å². The second-order valence-corrected chi connectivity index (χ2v) is 6.51. The van der Waals surface area contributed by atoms with E-state index in [1.807, 2.05) is 41.1 Å². The number of hydrogen-bond donors (Lipinski definition) is 1. The molecule has 3 atom stereocenters. The Morgan fingerprint density at radius 1 is 1.17 bits per heavy atom. The smallest absolute Gasteiger partial charge is 0.268 e. The summed E-state index contributed by atoms with van der Waals surface area (Å²) >= 11 is 0. The minimum atomic E-state index is 0.0178. The van der Waals surface area contributed by atoms with Crippen LogP contribution in [0.2, 0.25) is 0 Å². The van der Waals surface area contributed by atoms with Crippen molar-refractivity contribution < 1.29 is 9.53 Å². The summed E-state index contributed by atoms with van der Waals surface area (Å²) < 4.78 is 7.86. The summed E-state index contributed by atoms with van der Waals surface area (Å²) in [6.45, 7) is 0.812. The predicted octanol–water partition coefficient (Wildman–Crippen LogP) is 2.78. The molecule has 4 rings (SSSR count). The number of aromatic nitrogens is 1. The number of carbonyl (C=O) groups is 1. The molecule has 4 heteroatoms. The third-order valence-electron chi connectivity index (χ3n) is 4.97. The first kappa shape index (κ1) is 14.5. The van der Waals surface area contributed by atoms with E-state index in [9.17, 15) is 4.79 Å². The lowest BCUT2D eigenvalue weighted by Gasteiger charge is -2.20. The summed E-state index contributed by atoms with van der Waals surface area (Å²) in [6.07, 6.45) is 6.66. The number of carbonyl (C=O) groups excluding carboxylic acids is 1. The van der Waals surface area contributed by atoms with E-state index in [0.717, 1.165) is 37.9 Å². The van der Waals surface area contributed by atoms with Crippen molar-refractivity contribution in [2.24, 2.45) is 0 Å². The van der Waals surface area contributed by atoms with E-state index in [1.54, 1.807) is 0 Å². The Labute approximate surface area is 136 Å². The molecule has 0 spiro atoms. The van der Waals surface area contributed by atoms with Crippen LogP contribution in [0.3, 0.4) is 0 Å². The highest BCUT2D eigenvalue weighted by Gasteiger charge is 2.41. The predicted molar refractivity (Wildman–Crippen MR) is 88.3 cm³/mol. The van der Waals surface area contributed by atoms with Crippen LogP contribution in [0, 0.1) is 0 Å². The first-order valence-electron chi connectivity index (χ1n) is 8.45. The zero-order valence-corrected chi connectivity index (χ0v) is 13.2. The molecule has 3 heterocycles. The summed E-state index contributed by atoms with van der Waals surface area (Å²) in [6, 6.07) is 14.4. The molecule has 2 aliphatic rings.